The molecule has 0 saturated heterocycles. The summed E-state index contributed by atoms with van der Waals surface area (Å²) in [4.78, 5) is 9.47. The third kappa shape index (κ3) is 29.2. The van der Waals surface area contributed by atoms with Crippen molar-refractivity contribution in [2.75, 3.05) is 0 Å². The molecule has 7 heavy (non-hydrogen) atoms. The molecule has 0 fully saturated rings. The molecule has 0 aliphatic rings. The van der Waals surface area contributed by atoms with Gasteiger partial charge in [0, 0.05) is 0 Å². The van der Waals surface area contributed by atoms with Gasteiger partial charge in [-0.1, -0.05) is 6.58 Å². The van der Waals surface area contributed by atoms with Gasteiger partial charge in [-0.15, -0.1) is 0 Å². The van der Waals surface area contributed by atoms with Gasteiger partial charge in [0.1, 0.15) is 0 Å². The van der Waals surface area contributed by atoms with E-state index < -0.39 is 5.91 Å². The molecule has 0 aliphatic carbocycles. The quantitative estimate of drug-likeness (QED) is 0.499. The van der Waals surface area contributed by atoms with E-state index in [9.17, 15) is 4.79 Å². The molecule has 40 valence electrons. The van der Waals surface area contributed by atoms with Crippen LogP contribution in [0.25, 0.3) is 0 Å². The predicted molar refractivity (Wildman–Crippen MR) is 20.1 cm³/mol. The maximum absolute atomic E-state index is 9.47. The minimum absolute atomic E-state index is 0.481. The molecule has 3 nitrogen and oxygen atoms in total. The van der Waals surface area contributed by atoms with Gasteiger partial charge in [0.25, 0.3) is 0 Å². The van der Waals surface area contributed by atoms with Crippen LogP contribution in [0.5, 0.6) is 0 Å². The summed E-state index contributed by atoms with van der Waals surface area (Å²) < 4.78 is 8.12. The topological polar surface area (TPSA) is 60.2 Å². The van der Waals surface area contributed by atoms with Gasteiger partial charge < -0.3 is 5.73 Å². The zero-order valence-corrected chi connectivity index (χ0v) is 4.86. The van der Waals surface area contributed by atoms with E-state index in [0.717, 1.165) is 6.08 Å². The molecule has 0 aliphatic heterocycles. The Balaban J connectivity index is 0. The molecular weight excluding hydrogens is 134 g/mol. The van der Waals surface area contributed by atoms with Crippen LogP contribution in [0, 0.1) is 0 Å². The summed E-state index contributed by atoms with van der Waals surface area (Å²) in [6, 6.07) is 0. The van der Waals surface area contributed by atoms with Crippen molar-refractivity contribution >= 4 is 5.91 Å². The average Bonchev–Trinajstić information content (AvgIpc) is 1.73. The summed E-state index contributed by atoms with van der Waals surface area (Å²) in [6.07, 6.45) is 1.06. The van der Waals surface area contributed by atoms with E-state index in [-0.39, 0.29) is 0 Å². The summed E-state index contributed by atoms with van der Waals surface area (Å²) in [5.74, 6) is -0.481. The molecule has 0 radical (unpaired) electrons. The fraction of sp³-hybridized carbons (Fsp3) is 0. The van der Waals surface area contributed by atoms with Gasteiger partial charge >= 0.3 is 20.0 Å². The molecule has 0 unspecified atom stereocenters. The number of rotatable bonds is 1. The zero-order valence-electron chi connectivity index (χ0n) is 3.59. The van der Waals surface area contributed by atoms with E-state index in [2.05, 4.69) is 12.3 Å². The van der Waals surface area contributed by atoms with Crippen LogP contribution in [0.2, 0.25) is 0 Å². The van der Waals surface area contributed by atoms with Gasteiger partial charge in [0.15, 0.2) is 0 Å². The monoisotopic (exact) mass is 139 g/mol. The fourth-order valence-electron chi connectivity index (χ4n) is 0. The van der Waals surface area contributed by atoms with Crippen molar-refractivity contribution in [1.29, 1.82) is 0 Å². The molecular formula is C3H5CrNO2. The summed E-state index contributed by atoms with van der Waals surface area (Å²) in [5, 5.41) is 0. The third-order valence-corrected chi connectivity index (χ3v) is 0.201. The summed E-state index contributed by atoms with van der Waals surface area (Å²) in [6.45, 7) is 3.09. The Morgan fingerprint density at radius 3 is 1.86 bits per heavy atom. The van der Waals surface area contributed by atoms with Gasteiger partial charge in [-0.25, -0.2) is 0 Å². The van der Waals surface area contributed by atoms with E-state index in [4.69, 9.17) is 3.80 Å². The second kappa shape index (κ2) is 9.11. The Kier molecular flexibility index (Phi) is 12.7. The van der Waals surface area contributed by atoms with Crippen molar-refractivity contribution in [3.05, 3.63) is 12.7 Å². The predicted octanol–water partition coefficient (Wildman–Crippen LogP) is -0.464. The Labute approximate surface area is 49.8 Å². The van der Waals surface area contributed by atoms with E-state index >= 15 is 0 Å². The van der Waals surface area contributed by atoms with Crippen LogP contribution < -0.4 is 5.73 Å². The molecule has 1 amide bonds. The normalized spacial score (nSPS) is 5.14. The summed E-state index contributed by atoms with van der Waals surface area (Å²) in [5.41, 5.74) is 4.53. The van der Waals surface area contributed by atoms with Crippen molar-refractivity contribution in [3.63, 3.8) is 0 Å². The molecule has 0 aromatic rings. The van der Waals surface area contributed by atoms with Crippen LogP contribution in [0.4, 0.5) is 0 Å². The van der Waals surface area contributed by atoms with Crippen LogP contribution in [0.1, 0.15) is 0 Å². The number of carbonyl (C=O) groups excluding carboxylic acids is 1. The van der Waals surface area contributed by atoms with Crippen molar-refractivity contribution in [2.24, 2.45) is 5.73 Å². The first-order valence-corrected chi connectivity index (χ1v) is 1.88. The van der Waals surface area contributed by atoms with Gasteiger partial charge in [0.05, 0.1) is 0 Å². The minimum atomic E-state index is -0.481. The first-order valence-electron chi connectivity index (χ1n) is 1.36. The molecule has 0 saturated carbocycles. The van der Waals surface area contributed by atoms with Crippen molar-refractivity contribution in [1.82, 2.24) is 0 Å². The zero-order chi connectivity index (χ0) is 6.28. The molecule has 0 aromatic carbocycles. The van der Waals surface area contributed by atoms with E-state index in [0.29, 0.717) is 0 Å². The first kappa shape index (κ1) is 9.74. The van der Waals surface area contributed by atoms with Crippen molar-refractivity contribution in [3.8, 4) is 0 Å². The first-order chi connectivity index (χ1) is 3.27. The molecule has 2 N–H and O–H groups in total. The Hall–Kier alpha value is -0.458. The second-order valence-electron chi connectivity index (χ2n) is 0.606. The van der Waals surface area contributed by atoms with Crippen LogP contribution in [-0.2, 0) is 24.8 Å². The standard InChI is InChI=1S/C3H5NO.Cr.O/c1-2-3(4)5;;/h2H,1H2,(H2,4,5);;. The average molecular weight is 139 g/mol. The van der Waals surface area contributed by atoms with E-state index in [1.807, 2.05) is 0 Å². The number of hydrogen-bond donors (Lipinski definition) is 1. The number of amides is 1. The van der Waals surface area contributed by atoms with Gasteiger partial charge in [-0.3, -0.25) is 4.79 Å². The number of primary amides is 1. The number of carbonyl (C=O) groups is 1. The van der Waals surface area contributed by atoms with Gasteiger partial charge in [0.2, 0.25) is 5.91 Å². The molecule has 0 spiro atoms. The van der Waals surface area contributed by atoms with Crippen LogP contribution >= 0.6 is 0 Å². The fourth-order valence-corrected chi connectivity index (χ4v) is 0. The van der Waals surface area contributed by atoms with Crippen LogP contribution in [-0.4, -0.2) is 5.91 Å². The number of hydrogen-bond acceptors (Lipinski definition) is 2. The second-order valence-corrected chi connectivity index (χ2v) is 0.606. The SMILES string of the molecule is C=CC(N)=O.[O]=[Cr]. The van der Waals surface area contributed by atoms with Gasteiger partial charge in [-0.05, 0) is 6.08 Å². The van der Waals surface area contributed by atoms with Crippen LogP contribution in [0.15, 0.2) is 12.7 Å². The molecule has 0 aromatic heterocycles. The summed E-state index contributed by atoms with van der Waals surface area (Å²) >= 11 is 1.38. The Morgan fingerprint density at radius 1 is 1.71 bits per heavy atom. The summed E-state index contributed by atoms with van der Waals surface area (Å²) in [7, 11) is 0. The van der Waals surface area contributed by atoms with Crippen LogP contribution in [0.3, 0.4) is 0 Å². The van der Waals surface area contributed by atoms with E-state index in [1.165, 1.54) is 16.2 Å². The molecule has 0 heterocycles. The van der Waals surface area contributed by atoms with Crippen molar-refractivity contribution < 1.29 is 24.8 Å². The van der Waals surface area contributed by atoms with Gasteiger partial charge in [-0.2, -0.15) is 0 Å². The molecule has 0 atom stereocenters. The maximum atomic E-state index is 9.47. The van der Waals surface area contributed by atoms with Crippen molar-refractivity contribution in [2.45, 2.75) is 0 Å². The van der Waals surface area contributed by atoms with E-state index in [1.54, 1.807) is 0 Å². The Morgan fingerprint density at radius 2 is 1.86 bits per heavy atom. The third-order valence-electron chi connectivity index (χ3n) is 0.201. The number of nitrogens with two attached hydrogens (primary N) is 1. The molecule has 4 heteroatoms. The molecule has 0 bridgehead atoms. The molecule has 0 rings (SSSR count). The Bertz CT molecular complexity index is 73.3.